The van der Waals surface area contributed by atoms with E-state index in [9.17, 15) is 14.7 Å². The normalized spacial score (nSPS) is 14.9. The van der Waals surface area contributed by atoms with Crippen molar-refractivity contribution in [1.29, 1.82) is 0 Å². The van der Waals surface area contributed by atoms with Crippen LogP contribution in [0.4, 0.5) is 11.4 Å². The Labute approximate surface area is 228 Å². The number of aliphatic carboxylic acids is 1. The second-order valence-corrected chi connectivity index (χ2v) is 10.8. The third-order valence-electron chi connectivity index (χ3n) is 6.89. The van der Waals surface area contributed by atoms with Gasteiger partial charge < -0.3 is 24.8 Å². The lowest BCUT2D eigenvalue weighted by molar-refractivity contribution is -0.142. The number of carboxylic acid groups (broad SMARTS) is 1. The number of carboxylic acids is 1. The highest BCUT2D eigenvalue weighted by Crippen LogP contribution is 2.35. The average molecular weight is 537 g/mol. The first kappa shape index (κ1) is 27.3. The van der Waals surface area contributed by atoms with Crippen molar-refractivity contribution in [3.63, 3.8) is 0 Å². The maximum Gasteiger partial charge on any atom is 0.313 e. The van der Waals surface area contributed by atoms with Crippen LogP contribution < -0.4 is 19.7 Å². The zero-order valence-electron chi connectivity index (χ0n) is 22.5. The van der Waals surface area contributed by atoms with Gasteiger partial charge in [0, 0.05) is 18.3 Å². The fourth-order valence-electron chi connectivity index (χ4n) is 4.45. The van der Waals surface area contributed by atoms with E-state index in [1.807, 2.05) is 26.1 Å². The van der Waals surface area contributed by atoms with Crippen LogP contribution in [0.3, 0.4) is 0 Å². The van der Waals surface area contributed by atoms with E-state index in [0.29, 0.717) is 46.3 Å². The molecule has 8 heteroatoms. The number of anilines is 2. The molecule has 1 amide bonds. The molecule has 0 aliphatic carbocycles. The Morgan fingerprint density at radius 1 is 1.11 bits per heavy atom. The van der Waals surface area contributed by atoms with Gasteiger partial charge in [0.05, 0.1) is 28.2 Å². The van der Waals surface area contributed by atoms with E-state index in [1.165, 1.54) is 5.56 Å². The molecule has 0 saturated heterocycles. The number of aryl methyl sites for hydroxylation is 2. The molecular formula is C30H33ClN2O5. The third kappa shape index (κ3) is 5.58. The summed E-state index contributed by atoms with van der Waals surface area (Å²) in [5.74, 6) is 0.0667. The van der Waals surface area contributed by atoms with E-state index < -0.39 is 17.3 Å². The van der Waals surface area contributed by atoms with Crippen molar-refractivity contribution >= 4 is 34.9 Å². The van der Waals surface area contributed by atoms with Crippen molar-refractivity contribution in [2.45, 2.75) is 46.1 Å². The molecular weight excluding hydrogens is 504 g/mol. The maximum atomic E-state index is 13.1. The number of amides is 1. The summed E-state index contributed by atoms with van der Waals surface area (Å²) < 4.78 is 12.2. The fraction of sp³-hybridized carbons (Fsp3) is 0.333. The Balaban J connectivity index is 1.46. The smallest absolute Gasteiger partial charge is 0.313 e. The summed E-state index contributed by atoms with van der Waals surface area (Å²) in [6.07, 6.45) is -0.165. The summed E-state index contributed by atoms with van der Waals surface area (Å²) >= 11 is 6.60. The first-order valence-electron chi connectivity index (χ1n) is 12.4. The van der Waals surface area contributed by atoms with Gasteiger partial charge in [0.15, 0.2) is 0 Å². The summed E-state index contributed by atoms with van der Waals surface area (Å²) in [5, 5.41) is 12.7. The van der Waals surface area contributed by atoms with Gasteiger partial charge in [-0.3, -0.25) is 9.59 Å². The molecule has 7 nitrogen and oxygen atoms in total. The van der Waals surface area contributed by atoms with Crippen molar-refractivity contribution in [1.82, 2.24) is 0 Å². The first-order valence-corrected chi connectivity index (χ1v) is 12.8. The van der Waals surface area contributed by atoms with E-state index in [0.717, 1.165) is 17.0 Å². The quantitative estimate of drug-likeness (QED) is 0.376. The summed E-state index contributed by atoms with van der Waals surface area (Å²) in [7, 11) is 2.03. The summed E-state index contributed by atoms with van der Waals surface area (Å²) in [6.45, 7) is 9.98. The van der Waals surface area contributed by atoms with E-state index in [4.69, 9.17) is 21.1 Å². The first-order chi connectivity index (χ1) is 17.9. The molecule has 0 unspecified atom stereocenters. The molecule has 0 fully saturated rings. The number of hydrogen-bond acceptors (Lipinski definition) is 5. The molecule has 0 spiro atoms. The molecule has 1 aliphatic rings. The van der Waals surface area contributed by atoms with E-state index >= 15 is 0 Å². The van der Waals surface area contributed by atoms with Gasteiger partial charge in [0.25, 0.3) is 5.91 Å². The van der Waals surface area contributed by atoms with Crippen LogP contribution in [0.5, 0.6) is 11.5 Å². The van der Waals surface area contributed by atoms with Gasteiger partial charge in [-0.2, -0.15) is 0 Å². The van der Waals surface area contributed by atoms with Gasteiger partial charge in [-0.05, 0) is 87.7 Å². The number of fused-ring (bicyclic) bond motifs is 1. The summed E-state index contributed by atoms with van der Waals surface area (Å²) in [5.41, 5.74) is 4.02. The number of hydrogen-bond donors (Lipinski definition) is 2. The molecule has 1 aliphatic heterocycles. The predicted octanol–water partition coefficient (Wildman–Crippen LogP) is 6.16. The molecule has 1 heterocycles. The van der Waals surface area contributed by atoms with Gasteiger partial charge in [-0.15, -0.1) is 0 Å². The fourth-order valence-corrected chi connectivity index (χ4v) is 4.69. The number of likely N-dealkylation sites (N-methyl/N-ethyl adjacent to an activating group) is 1. The van der Waals surface area contributed by atoms with Crippen LogP contribution in [-0.4, -0.2) is 43.3 Å². The Kier molecular flexibility index (Phi) is 7.61. The molecule has 0 saturated carbocycles. The van der Waals surface area contributed by atoms with Crippen LogP contribution in [0, 0.1) is 20.8 Å². The van der Waals surface area contributed by atoms with Crippen molar-refractivity contribution in [3.05, 3.63) is 81.4 Å². The van der Waals surface area contributed by atoms with Crippen LogP contribution in [0.25, 0.3) is 0 Å². The van der Waals surface area contributed by atoms with E-state index in [1.54, 1.807) is 51.1 Å². The monoisotopic (exact) mass is 536 g/mol. The maximum absolute atomic E-state index is 13.1. The number of carbonyl (C=O) groups is 2. The topological polar surface area (TPSA) is 88.1 Å². The minimum atomic E-state index is -1.10. The van der Waals surface area contributed by atoms with Crippen LogP contribution in [0.1, 0.15) is 46.5 Å². The molecule has 1 atom stereocenters. The molecule has 3 aromatic carbocycles. The molecule has 200 valence electrons. The number of nitrogens with zero attached hydrogens (tertiary/aromatic N) is 1. The van der Waals surface area contributed by atoms with Gasteiger partial charge in [-0.25, -0.2) is 0 Å². The number of ether oxygens (including phenoxy) is 2. The van der Waals surface area contributed by atoms with Crippen LogP contribution >= 0.6 is 11.6 Å². The lowest BCUT2D eigenvalue weighted by Crippen LogP contribution is -2.41. The molecule has 2 N–H and O–H groups in total. The van der Waals surface area contributed by atoms with Gasteiger partial charge >= 0.3 is 5.97 Å². The number of benzene rings is 3. The van der Waals surface area contributed by atoms with Crippen LogP contribution in [0.2, 0.25) is 5.02 Å². The van der Waals surface area contributed by atoms with Gasteiger partial charge in [-0.1, -0.05) is 23.7 Å². The molecule has 0 bridgehead atoms. The number of halogens is 1. The number of rotatable bonds is 7. The Bertz CT molecular complexity index is 1400. The van der Waals surface area contributed by atoms with Crippen molar-refractivity contribution in [3.8, 4) is 11.5 Å². The SMILES string of the molecule is Cc1cc(NC(=O)c2ccc(OC[C@@H]3CN(C)c4cc(C)ccc4O3)c(C)c2Cl)cc(C(C)(C)C(=O)O)c1. The molecule has 4 rings (SSSR count). The highest BCUT2D eigenvalue weighted by molar-refractivity contribution is 6.35. The third-order valence-corrected chi connectivity index (χ3v) is 7.38. The van der Waals surface area contributed by atoms with Crippen LogP contribution in [0.15, 0.2) is 48.5 Å². The highest BCUT2D eigenvalue weighted by atomic mass is 35.5. The number of carbonyl (C=O) groups excluding carboxylic acids is 1. The van der Waals surface area contributed by atoms with Crippen LogP contribution in [-0.2, 0) is 10.2 Å². The Morgan fingerprint density at radius 2 is 1.84 bits per heavy atom. The average Bonchev–Trinajstić information content (AvgIpc) is 2.84. The zero-order chi connectivity index (χ0) is 27.8. The zero-order valence-corrected chi connectivity index (χ0v) is 23.3. The molecule has 0 radical (unpaired) electrons. The second-order valence-electron chi connectivity index (χ2n) is 10.4. The van der Waals surface area contributed by atoms with E-state index in [-0.39, 0.29) is 6.10 Å². The lowest BCUT2D eigenvalue weighted by Gasteiger charge is -2.34. The Hall–Kier alpha value is -3.71. The van der Waals surface area contributed by atoms with E-state index in [2.05, 4.69) is 23.2 Å². The Morgan fingerprint density at radius 3 is 2.55 bits per heavy atom. The molecule has 38 heavy (non-hydrogen) atoms. The molecule has 0 aromatic heterocycles. The predicted molar refractivity (Wildman–Crippen MR) is 150 cm³/mol. The standard InChI is InChI=1S/C30H33ClN2O5/c1-17-7-9-26-24(13-17)33(6)15-22(38-26)16-37-25-10-8-23(27(31)19(25)3)28(34)32-21-12-18(2)11-20(14-21)30(4,5)29(35)36/h7-14,22H,15-16H2,1-6H3,(H,32,34)(H,35,36)/t22-/m0/s1. The van der Waals surface area contributed by atoms with Crippen molar-refractivity contribution in [2.75, 3.05) is 30.4 Å². The second kappa shape index (κ2) is 10.6. The minimum Gasteiger partial charge on any atom is -0.489 e. The van der Waals surface area contributed by atoms with Crippen molar-refractivity contribution < 1.29 is 24.2 Å². The largest absolute Gasteiger partial charge is 0.489 e. The van der Waals surface area contributed by atoms with Crippen molar-refractivity contribution in [2.24, 2.45) is 0 Å². The summed E-state index contributed by atoms with van der Waals surface area (Å²) in [6, 6.07) is 14.7. The van der Waals surface area contributed by atoms with Gasteiger partial charge in [0.2, 0.25) is 0 Å². The summed E-state index contributed by atoms with van der Waals surface area (Å²) in [4.78, 5) is 27.0. The minimum absolute atomic E-state index is 0.165. The molecule has 3 aromatic rings. The number of nitrogens with one attached hydrogen (secondary N) is 1. The van der Waals surface area contributed by atoms with Gasteiger partial charge in [0.1, 0.15) is 24.2 Å². The highest BCUT2D eigenvalue weighted by Gasteiger charge is 2.30. The lowest BCUT2D eigenvalue weighted by atomic mass is 9.84.